The molecule has 1 atom stereocenters. The summed E-state index contributed by atoms with van der Waals surface area (Å²) in [6.45, 7) is 4.63. The Kier molecular flexibility index (Phi) is 6.34. The number of carbonyl (C=O) groups is 2. The van der Waals surface area contributed by atoms with Crippen molar-refractivity contribution in [3.8, 4) is 0 Å². The first kappa shape index (κ1) is 21.0. The minimum atomic E-state index is -0.972. The van der Waals surface area contributed by atoms with E-state index < -0.39 is 23.2 Å². The number of hydrogen-bond acceptors (Lipinski definition) is 6. The van der Waals surface area contributed by atoms with Gasteiger partial charge in [-0.3, -0.25) is 14.9 Å². The van der Waals surface area contributed by atoms with Crippen LogP contribution in [0.3, 0.4) is 0 Å². The molecule has 0 N–H and O–H groups in total. The Morgan fingerprint density at radius 1 is 1.31 bits per heavy atom. The van der Waals surface area contributed by atoms with Gasteiger partial charge in [0.15, 0.2) is 6.61 Å². The first-order chi connectivity index (χ1) is 13.8. The standard InChI is InChI=1S/C20H21ClN2O6/c1-12-8-16(13(2)22(12)10-15-4-3-7-28-15)19(24)11-29-20(25)17-9-14(21)5-6-18(17)23(26)27/h5-6,8-9,15H,3-4,7,10-11H2,1-2H3/t15-/m1/s1. The van der Waals surface area contributed by atoms with E-state index in [1.54, 1.807) is 6.07 Å². The van der Waals surface area contributed by atoms with Crippen LogP contribution in [0.15, 0.2) is 24.3 Å². The highest BCUT2D eigenvalue weighted by atomic mass is 35.5. The Balaban J connectivity index is 1.70. The van der Waals surface area contributed by atoms with Crippen molar-refractivity contribution in [2.45, 2.75) is 39.3 Å². The Labute approximate surface area is 172 Å². The first-order valence-corrected chi connectivity index (χ1v) is 9.58. The molecule has 1 aromatic heterocycles. The second kappa shape index (κ2) is 8.75. The maximum atomic E-state index is 12.6. The summed E-state index contributed by atoms with van der Waals surface area (Å²) in [7, 11) is 0. The lowest BCUT2D eigenvalue weighted by Crippen LogP contribution is -2.18. The Morgan fingerprint density at radius 2 is 2.07 bits per heavy atom. The maximum absolute atomic E-state index is 12.6. The van der Waals surface area contributed by atoms with Crippen molar-refractivity contribution < 1.29 is 24.0 Å². The number of aromatic nitrogens is 1. The van der Waals surface area contributed by atoms with Gasteiger partial charge in [-0.2, -0.15) is 0 Å². The SMILES string of the molecule is Cc1cc(C(=O)COC(=O)c2cc(Cl)ccc2[N+](=O)[O-])c(C)n1C[C@H]1CCCO1. The van der Waals surface area contributed by atoms with Gasteiger partial charge < -0.3 is 14.0 Å². The van der Waals surface area contributed by atoms with Crippen LogP contribution in [0.4, 0.5) is 5.69 Å². The van der Waals surface area contributed by atoms with E-state index in [1.165, 1.54) is 6.07 Å². The van der Waals surface area contributed by atoms with Crippen LogP contribution in [0.5, 0.6) is 0 Å². The molecule has 0 spiro atoms. The number of esters is 1. The van der Waals surface area contributed by atoms with Crippen molar-refractivity contribution in [2.75, 3.05) is 13.2 Å². The van der Waals surface area contributed by atoms with Crippen molar-refractivity contribution in [3.63, 3.8) is 0 Å². The van der Waals surface area contributed by atoms with Gasteiger partial charge in [-0.1, -0.05) is 11.6 Å². The molecule has 154 valence electrons. The minimum absolute atomic E-state index is 0.129. The molecule has 0 aliphatic carbocycles. The van der Waals surface area contributed by atoms with Crippen molar-refractivity contribution in [2.24, 2.45) is 0 Å². The van der Waals surface area contributed by atoms with Gasteiger partial charge in [0, 0.05) is 41.2 Å². The first-order valence-electron chi connectivity index (χ1n) is 9.20. The number of benzene rings is 1. The van der Waals surface area contributed by atoms with Gasteiger partial charge in [-0.25, -0.2) is 4.79 Å². The molecule has 9 heteroatoms. The van der Waals surface area contributed by atoms with E-state index in [4.69, 9.17) is 21.1 Å². The van der Waals surface area contributed by atoms with Crippen molar-refractivity contribution in [1.82, 2.24) is 4.57 Å². The molecule has 0 radical (unpaired) electrons. The normalized spacial score (nSPS) is 16.0. The quantitative estimate of drug-likeness (QED) is 0.291. The molecule has 1 saturated heterocycles. The van der Waals surface area contributed by atoms with Crippen LogP contribution in [0, 0.1) is 24.0 Å². The van der Waals surface area contributed by atoms with Gasteiger partial charge in [0.25, 0.3) is 5.69 Å². The van der Waals surface area contributed by atoms with Crippen LogP contribution in [-0.2, 0) is 16.0 Å². The molecular weight excluding hydrogens is 400 g/mol. The number of Topliss-reactive ketones (excluding diaryl/α,β-unsaturated/α-hetero) is 1. The number of ether oxygens (including phenoxy) is 2. The zero-order chi connectivity index (χ0) is 21.1. The molecule has 2 aromatic rings. The maximum Gasteiger partial charge on any atom is 0.345 e. The largest absolute Gasteiger partial charge is 0.454 e. The van der Waals surface area contributed by atoms with Gasteiger partial charge in [-0.15, -0.1) is 0 Å². The molecule has 2 heterocycles. The van der Waals surface area contributed by atoms with Gasteiger partial charge in [0.05, 0.1) is 11.0 Å². The summed E-state index contributed by atoms with van der Waals surface area (Å²) in [5.41, 5.74) is 1.42. The molecular formula is C20H21ClN2O6. The number of aryl methyl sites for hydroxylation is 1. The van der Waals surface area contributed by atoms with Crippen LogP contribution < -0.4 is 0 Å². The average molecular weight is 421 g/mol. The van der Waals surface area contributed by atoms with Crippen molar-refractivity contribution in [3.05, 3.63) is 61.9 Å². The summed E-state index contributed by atoms with van der Waals surface area (Å²) in [6, 6.07) is 5.34. The summed E-state index contributed by atoms with van der Waals surface area (Å²) in [6.07, 6.45) is 2.14. The van der Waals surface area contributed by atoms with E-state index in [0.29, 0.717) is 12.1 Å². The Morgan fingerprint density at radius 3 is 2.72 bits per heavy atom. The van der Waals surface area contributed by atoms with E-state index >= 15 is 0 Å². The monoisotopic (exact) mass is 420 g/mol. The number of hydrogen-bond donors (Lipinski definition) is 0. The third-order valence-corrected chi connectivity index (χ3v) is 5.23. The lowest BCUT2D eigenvalue weighted by atomic mass is 10.1. The zero-order valence-corrected chi connectivity index (χ0v) is 16.9. The van der Waals surface area contributed by atoms with Crippen LogP contribution in [0.1, 0.15) is 44.9 Å². The molecule has 0 amide bonds. The molecule has 1 aliphatic heterocycles. The van der Waals surface area contributed by atoms with E-state index in [2.05, 4.69) is 0 Å². The van der Waals surface area contributed by atoms with Crippen LogP contribution >= 0.6 is 11.6 Å². The predicted octanol–water partition coefficient (Wildman–Crippen LogP) is 3.89. The molecule has 1 fully saturated rings. The molecule has 3 rings (SSSR count). The fraction of sp³-hybridized carbons (Fsp3) is 0.400. The smallest absolute Gasteiger partial charge is 0.345 e. The molecule has 29 heavy (non-hydrogen) atoms. The van der Waals surface area contributed by atoms with Gasteiger partial charge in [0.1, 0.15) is 5.56 Å². The van der Waals surface area contributed by atoms with Crippen LogP contribution in [0.2, 0.25) is 5.02 Å². The Bertz CT molecular complexity index is 962. The van der Waals surface area contributed by atoms with E-state index in [9.17, 15) is 19.7 Å². The highest BCUT2D eigenvalue weighted by molar-refractivity contribution is 6.31. The van der Waals surface area contributed by atoms with E-state index in [0.717, 1.165) is 43.0 Å². The minimum Gasteiger partial charge on any atom is -0.454 e. The molecule has 8 nitrogen and oxygen atoms in total. The van der Waals surface area contributed by atoms with Gasteiger partial charge >= 0.3 is 5.97 Å². The number of nitro groups is 1. The van der Waals surface area contributed by atoms with Gasteiger partial charge in [-0.05, 0) is 44.9 Å². The fourth-order valence-electron chi connectivity index (χ4n) is 3.47. The second-order valence-electron chi connectivity index (χ2n) is 6.95. The summed E-state index contributed by atoms with van der Waals surface area (Å²) in [5.74, 6) is -1.35. The number of carbonyl (C=O) groups excluding carboxylic acids is 2. The van der Waals surface area contributed by atoms with Crippen molar-refractivity contribution in [1.29, 1.82) is 0 Å². The molecule has 0 saturated carbocycles. The zero-order valence-electron chi connectivity index (χ0n) is 16.1. The van der Waals surface area contributed by atoms with Crippen LogP contribution in [0.25, 0.3) is 0 Å². The summed E-state index contributed by atoms with van der Waals surface area (Å²) in [5, 5.41) is 11.3. The van der Waals surface area contributed by atoms with E-state index in [-0.39, 0.29) is 22.5 Å². The lowest BCUT2D eigenvalue weighted by molar-refractivity contribution is -0.385. The lowest BCUT2D eigenvalue weighted by Gasteiger charge is -2.14. The van der Waals surface area contributed by atoms with Crippen LogP contribution in [-0.4, -0.2) is 40.6 Å². The molecule has 0 bridgehead atoms. The molecule has 0 unspecified atom stereocenters. The highest BCUT2D eigenvalue weighted by Crippen LogP contribution is 2.24. The third-order valence-electron chi connectivity index (χ3n) is 4.99. The molecule has 1 aromatic carbocycles. The van der Waals surface area contributed by atoms with Gasteiger partial charge in [0.2, 0.25) is 5.78 Å². The summed E-state index contributed by atoms with van der Waals surface area (Å²) < 4.78 is 12.7. The fourth-order valence-corrected chi connectivity index (χ4v) is 3.65. The predicted molar refractivity (Wildman–Crippen MR) is 106 cm³/mol. The topological polar surface area (TPSA) is 101 Å². The summed E-state index contributed by atoms with van der Waals surface area (Å²) in [4.78, 5) is 35.3. The highest BCUT2D eigenvalue weighted by Gasteiger charge is 2.25. The Hall–Kier alpha value is -2.71. The number of rotatable bonds is 7. The van der Waals surface area contributed by atoms with E-state index in [1.807, 2.05) is 18.4 Å². The molecule has 1 aliphatic rings. The summed E-state index contributed by atoms with van der Waals surface area (Å²) >= 11 is 5.82. The number of ketones is 1. The second-order valence-corrected chi connectivity index (χ2v) is 7.38. The third kappa shape index (κ3) is 4.65. The van der Waals surface area contributed by atoms with Crippen molar-refractivity contribution >= 4 is 29.0 Å². The average Bonchev–Trinajstić information content (AvgIpc) is 3.29. The number of nitrogens with zero attached hydrogens (tertiary/aromatic N) is 2. The number of nitro benzene ring substituents is 1. The number of halogens is 1.